The second-order valence-electron chi connectivity index (χ2n) is 8.08. The molecule has 7 nitrogen and oxygen atoms in total. The highest BCUT2D eigenvalue weighted by atomic mass is 35.5. The Balaban J connectivity index is 1.45. The molecule has 1 aliphatic carbocycles. The number of nitrogens with one attached hydrogen (secondary N) is 3. The van der Waals surface area contributed by atoms with E-state index in [0.29, 0.717) is 5.69 Å². The first-order chi connectivity index (χ1) is 16.9. The van der Waals surface area contributed by atoms with Gasteiger partial charge in [-0.15, -0.1) is 0 Å². The summed E-state index contributed by atoms with van der Waals surface area (Å²) in [5.41, 5.74) is -1.99. The van der Waals surface area contributed by atoms with Crippen molar-refractivity contribution in [1.82, 2.24) is 4.98 Å². The molecule has 0 unspecified atom stereocenters. The highest BCUT2D eigenvalue weighted by molar-refractivity contribution is 7.17. The van der Waals surface area contributed by atoms with Crippen molar-refractivity contribution in [2.75, 3.05) is 16.0 Å². The first-order valence-corrected chi connectivity index (χ1v) is 11.6. The lowest BCUT2D eigenvalue weighted by molar-refractivity contribution is -0.137. The molecule has 0 spiro atoms. The molecule has 1 heterocycles. The zero-order valence-electron chi connectivity index (χ0n) is 18.4. The molecule has 1 aromatic heterocycles. The van der Waals surface area contributed by atoms with Gasteiger partial charge in [-0.25, -0.2) is 9.37 Å². The van der Waals surface area contributed by atoms with Gasteiger partial charge < -0.3 is 16.0 Å². The van der Waals surface area contributed by atoms with E-state index in [9.17, 15) is 31.9 Å². The Kier molecular flexibility index (Phi) is 6.76. The molecule has 0 bridgehead atoms. The largest absolute Gasteiger partial charge is 0.416 e. The molecule has 4 rings (SSSR count). The summed E-state index contributed by atoms with van der Waals surface area (Å²) in [4.78, 5) is 42.4. The Morgan fingerprint density at radius 3 is 2.25 bits per heavy atom. The molecule has 2 aromatic carbocycles. The number of rotatable bonds is 6. The standard InChI is InChI=1S/C23H17ClF4N4O3S/c1-11-17(18(33)31-16-10-12(23(26,27)28)2-7-15(16)24)36-21(29-11)32-20(35)22(8-9-22)19(34)30-14-5-3-13(25)4-6-14/h2-7,10H,8-9H2,1H3,(H,30,34)(H,31,33)(H,29,32,35). The van der Waals surface area contributed by atoms with Crippen molar-refractivity contribution in [3.05, 3.63) is 69.4 Å². The molecule has 0 saturated heterocycles. The maximum Gasteiger partial charge on any atom is 0.416 e. The minimum atomic E-state index is -4.62. The van der Waals surface area contributed by atoms with E-state index in [4.69, 9.17) is 11.6 Å². The van der Waals surface area contributed by atoms with Crippen LogP contribution in [0.3, 0.4) is 0 Å². The van der Waals surface area contributed by atoms with E-state index >= 15 is 0 Å². The van der Waals surface area contributed by atoms with Gasteiger partial charge in [0.15, 0.2) is 5.13 Å². The normalized spacial score (nSPS) is 14.2. The summed E-state index contributed by atoms with van der Waals surface area (Å²) in [5.74, 6) is -2.41. The van der Waals surface area contributed by atoms with Crippen LogP contribution in [-0.2, 0) is 15.8 Å². The minimum Gasteiger partial charge on any atom is -0.325 e. The van der Waals surface area contributed by atoms with Crippen molar-refractivity contribution in [2.45, 2.75) is 25.9 Å². The fourth-order valence-corrected chi connectivity index (χ4v) is 4.34. The van der Waals surface area contributed by atoms with E-state index in [2.05, 4.69) is 20.9 Å². The first-order valence-electron chi connectivity index (χ1n) is 10.4. The van der Waals surface area contributed by atoms with Crippen molar-refractivity contribution in [1.29, 1.82) is 0 Å². The van der Waals surface area contributed by atoms with Crippen molar-refractivity contribution in [2.24, 2.45) is 5.41 Å². The minimum absolute atomic E-state index is 0.0404. The SMILES string of the molecule is Cc1nc(NC(=O)C2(C(=O)Nc3ccc(F)cc3)CC2)sc1C(=O)Nc1cc(C(F)(F)F)ccc1Cl. The second kappa shape index (κ2) is 9.51. The lowest BCUT2D eigenvalue weighted by atomic mass is 10.1. The molecule has 3 amide bonds. The van der Waals surface area contributed by atoms with Crippen LogP contribution in [-0.4, -0.2) is 22.7 Å². The topological polar surface area (TPSA) is 100 Å². The summed E-state index contributed by atoms with van der Waals surface area (Å²) >= 11 is 6.73. The van der Waals surface area contributed by atoms with Gasteiger partial charge in [0.05, 0.1) is 22.0 Å². The van der Waals surface area contributed by atoms with Crippen molar-refractivity contribution in [3.8, 4) is 0 Å². The summed E-state index contributed by atoms with van der Waals surface area (Å²) < 4.78 is 52.1. The molecular formula is C23H17ClF4N4O3S. The van der Waals surface area contributed by atoms with Crippen LogP contribution < -0.4 is 16.0 Å². The number of aryl methyl sites for hydroxylation is 1. The Bertz CT molecular complexity index is 1350. The third-order valence-corrected chi connectivity index (χ3v) is 6.89. The van der Waals surface area contributed by atoms with Crippen LogP contribution in [0.25, 0.3) is 0 Å². The van der Waals surface area contributed by atoms with Gasteiger partial charge >= 0.3 is 6.18 Å². The van der Waals surface area contributed by atoms with Crippen LogP contribution >= 0.6 is 22.9 Å². The van der Waals surface area contributed by atoms with Gasteiger partial charge in [-0.3, -0.25) is 14.4 Å². The van der Waals surface area contributed by atoms with E-state index in [0.717, 1.165) is 29.5 Å². The Hall–Kier alpha value is -3.51. The number of halogens is 5. The monoisotopic (exact) mass is 540 g/mol. The van der Waals surface area contributed by atoms with Gasteiger partial charge in [-0.2, -0.15) is 13.2 Å². The molecule has 3 N–H and O–H groups in total. The van der Waals surface area contributed by atoms with E-state index in [-0.39, 0.29) is 39.3 Å². The zero-order chi connectivity index (χ0) is 26.3. The number of nitrogens with zero attached hydrogens (tertiary/aromatic N) is 1. The van der Waals surface area contributed by atoms with Gasteiger partial charge in [-0.1, -0.05) is 22.9 Å². The number of hydrogen-bond acceptors (Lipinski definition) is 5. The van der Waals surface area contributed by atoms with E-state index < -0.39 is 40.7 Å². The molecule has 0 atom stereocenters. The molecule has 1 fully saturated rings. The van der Waals surface area contributed by atoms with Crippen molar-refractivity contribution >= 4 is 57.2 Å². The maximum absolute atomic E-state index is 13.1. The molecule has 0 aliphatic heterocycles. The number of carbonyl (C=O) groups is 3. The fraction of sp³-hybridized carbons (Fsp3) is 0.217. The van der Waals surface area contributed by atoms with Crippen LogP contribution in [0.15, 0.2) is 42.5 Å². The maximum atomic E-state index is 13.1. The van der Waals surface area contributed by atoms with Crippen molar-refractivity contribution in [3.63, 3.8) is 0 Å². The van der Waals surface area contributed by atoms with E-state index in [1.165, 1.54) is 31.2 Å². The summed E-state index contributed by atoms with van der Waals surface area (Å²) in [5, 5.41) is 7.40. The number of benzene rings is 2. The lowest BCUT2D eigenvalue weighted by Crippen LogP contribution is -2.35. The van der Waals surface area contributed by atoms with E-state index in [1.807, 2.05) is 0 Å². The average Bonchev–Trinajstić information content (AvgIpc) is 3.54. The number of carbonyl (C=O) groups excluding carboxylic acids is 3. The second-order valence-corrected chi connectivity index (χ2v) is 9.48. The first kappa shape index (κ1) is 25.6. The molecule has 1 saturated carbocycles. The third-order valence-electron chi connectivity index (χ3n) is 5.49. The number of alkyl halides is 3. The zero-order valence-corrected chi connectivity index (χ0v) is 20.0. The average molecular weight is 541 g/mol. The highest BCUT2D eigenvalue weighted by Gasteiger charge is 2.56. The van der Waals surface area contributed by atoms with Crippen LogP contribution in [0.2, 0.25) is 5.02 Å². The molecule has 3 aromatic rings. The van der Waals surface area contributed by atoms with Gasteiger partial charge in [0.25, 0.3) is 5.91 Å². The Labute approximate surface area is 210 Å². The predicted octanol–water partition coefficient (Wildman–Crippen LogP) is 5.87. The molecule has 36 heavy (non-hydrogen) atoms. The fourth-order valence-electron chi connectivity index (χ4n) is 3.32. The number of thiazole rings is 1. The van der Waals surface area contributed by atoms with Gasteiger partial charge in [0.2, 0.25) is 11.8 Å². The van der Waals surface area contributed by atoms with Crippen LogP contribution in [0.5, 0.6) is 0 Å². The van der Waals surface area contributed by atoms with Gasteiger partial charge in [0, 0.05) is 5.69 Å². The smallest absolute Gasteiger partial charge is 0.325 e. The summed E-state index contributed by atoms with van der Waals surface area (Å²) in [7, 11) is 0. The number of hydrogen-bond donors (Lipinski definition) is 3. The predicted molar refractivity (Wildman–Crippen MR) is 127 cm³/mol. The Morgan fingerprint density at radius 2 is 1.64 bits per heavy atom. The van der Waals surface area contributed by atoms with Crippen molar-refractivity contribution < 1.29 is 31.9 Å². The lowest BCUT2D eigenvalue weighted by Gasteiger charge is -2.14. The molecule has 13 heteroatoms. The summed E-state index contributed by atoms with van der Waals surface area (Å²) in [6.07, 6.45) is -4.04. The molecule has 188 valence electrons. The Morgan fingerprint density at radius 1 is 1.00 bits per heavy atom. The molecular weight excluding hydrogens is 524 g/mol. The van der Waals surface area contributed by atoms with Gasteiger partial charge in [-0.05, 0) is 62.2 Å². The van der Waals surface area contributed by atoms with E-state index in [1.54, 1.807) is 0 Å². The van der Waals surface area contributed by atoms with Crippen LogP contribution in [0.4, 0.5) is 34.1 Å². The number of amides is 3. The third kappa shape index (κ3) is 5.34. The van der Waals surface area contributed by atoms with Gasteiger partial charge in [0.1, 0.15) is 16.1 Å². The molecule has 0 radical (unpaired) electrons. The quantitative estimate of drug-likeness (QED) is 0.269. The van der Waals surface area contributed by atoms with Crippen LogP contribution in [0.1, 0.15) is 33.8 Å². The molecule has 1 aliphatic rings. The summed E-state index contributed by atoms with van der Waals surface area (Å²) in [6.45, 7) is 1.49. The van der Waals surface area contributed by atoms with Crippen LogP contribution in [0, 0.1) is 18.2 Å². The number of anilines is 3. The number of aromatic nitrogens is 1. The highest BCUT2D eigenvalue weighted by Crippen LogP contribution is 2.47. The summed E-state index contributed by atoms with van der Waals surface area (Å²) in [6, 6.07) is 7.62.